The second-order valence-corrected chi connectivity index (χ2v) is 5.14. The van der Waals surface area contributed by atoms with E-state index in [9.17, 15) is 13.2 Å². The van der Waals surface area contributed by atoms with E-state index in [-0.39, 0.29) is 6.04 Å². The Hall–Kier alpha value is -1.03. The SMILES string of the molecule is CCC(c1cccc(C(F)(F)F)c1)N1CCCCC1. The fraction of sp³-hybridized carbons (Fsp3) is 0.600. The van der Waals surface area contributed by atoms with Crippen molar-refractivity contribution in [1.29, 1.82) is 0 Å². The number of halogens is 3. The Labute approximate surface area is 112 Å². The second-order valence-electron chi connectivity index (χ2n) is 5.14. The van der Waals surface area contributed by atoms with Crippen LogP contribution in [-0.4, -0.2) is 18.0 Å². The fourth-order valence-corrected chi connectivity index (χ4v) is 2.86. The maximum absolute atomic E-state index is 12.8. The molecule has 0 bridgehead atoms. The molecule has 0 aliphatic carbocycles. The summed E-state index contributed by atoms with van der Waals surface area (Å²) in [5, 5.41) is 0. The molecule has 0 radical (unpaired) electrons. The molecule has 1 fully saturated rings. The molecular weight excluding hydrogens is 251 g/mol. The normalized spacial score (nSPS) is 19.4. The maximum Gasteiger partial charge on any atom is 0.416 e. The van der Waals surface area contributed by atoms with Crippen LogP contribution in [0.4, 0.5) is 13.2 Å². The van der Waals surface area contributed by atoms with Gasteiger partial charge in [-0.2, -0.15) is 13.2 Å². The molecule has 0 saturated carbocycles. The van der Waals surface area contributed by atoms with Crippen LogP contribution in [0.3, 0.4) is 0 Å². The number of likely N-dealkylation sites (tertiary alicyclic amines) is 1. The lowest BCUT2D eigenvalue weighted by atomic mass is 9.98. The molecule has 2 rings (SSSR count). The van der Waals surface area contributed by atoms with Gasteiger partial charge in [-0.15, -0.1) is 0 Å². The minimum Gasteiger partial charge on any atom is -0.296 e. The molecule has 1 aliphatic rings. The highest BCUT2D eigenvalue weighted by atomic mass is 19.4. The van der Waals surface area contributed by atoms with Gasteiger partial charge < -0.3 is 0 Å². The zero-order chi connectivity index (χ0) is 13.9. The van der Waals surface area contributed by atoms with Crippen molar-refractivity contribution >= 4 is 0 Å². The first-order valence-corrected chi connectivity index (χ1v) is 6.93. The van der Waals surface area contributed by atoms with E-state index in [2.05, 4.69) is 4.90 Å². The number of nitrogens with zero attached hydrogens (tertiary/aromatic N) is 1. The lowest BCUT2D eigenvalue weighted by molar-refractivity contribution is -0.137. The highest BCUT2D eigenvalue weighted by molar-refractivity contribution is 5.28. The quantitative estimate of drug-likeness (QED) is 0.774. The van der Waals surface area contributed by atoms with Crippen LogP contribution in [0.1, 0.15) is 49.8 Å². The van der Waals surface area contributed by atoms with E-state index in [1.54, 1.807) is 0 Å². The van der Waals surface area contributed by atoms with E-state index in [1.807, 2.05) is 13.0 Å². The highest BCUT2D eigenvalue weighted by Crippen LogP contribution is 2.33. The van der Waals surface area contributed by atoms with E-state index in [1.165, 1.54) is 18.6 Å². The van der Waals surface area contributed by atoms with Gasteiger partial charge in [0, 0.05) is 6.04 Å². The third kappa shape index (κ3) is 3.50. The zero-order valence-electron chi connectivity index (χ0n) is 11.2. The van der Waals surface area contributed by atoms with Gasteiger partial charge in [0.05, 0.1) is 5.56 Å². The molecular formula is C15H20F3N. The predicted octanol–water partition coefficient (Wildman–Crippen LogP) is 4.64. The predicted molar refractivity (Wildman–Crippen MR) is 69.9 cm³/mol. The molecule has 4 heteroatoms. The highest BCUT2D eigenvalue weighted by Gasteiger charge is 2.31. The van der Waals surface area contributed by atoms with Crippen LogP contribution in [0, 0.1) is 0 Å². The van der Waals surface area contributed by atoms with Crippen LogP contribution in [0.25, 0.3) is 0 Å². The third-order valence-corrected chi connectivity index (χ3v) is 3.82. The van der Waals surface area contributed by atoms with Crippen LogP contribution in [0.5, 0.6) is 0 Å². The number of piperidine rings is 1. The van der Waals surface area contributed by atoms with Crippen LogP contribution in [0.15, 0.2) is 24.3 Å². The molecule has 1 aromatic carbocycles. The van der Waals surface area contributed by atoms with Gasteiger partial charge in [0.1, 0.15) is 0 Å². The zero-order valence-corrected chi connectivity index (χ0v) is 11.2. The van der Waals surface area contributed by atoms with Crippen molar-refractivity contribution in [1.82, 2.24) is 4.90 Å². The Morgan fingerprint density at radius 3 is 2.42 bits per heavy atom. The summed E-state index contributed by atoms with van der Waals surface area (Å²) in [5.74, 6) is 0. The standard InChI is InChI=1S/C15H20F3N/c1-2-14(19-9-4-3-5-10-19)12-7-6-8-13(11-12)15(16,17)18/h6-8,11,14H,2-5,9-10H2,1H3. The van der Waals surface area contributed by atoms with Gasteiger partial charge in [-0.3, -0.25) is 4.90 Å². The first-order chi connectivity index (χ1) is 9.02. The van der Waals surface area contributed by atoms with Crippen LogP contribution < -0.4 is 0 Å². The van der Waals surface area contributed by atoms with Gasteiger partial charge in [-0.25, -0.2) is 0 Å². The van der Waals surface area contributed by atoms with Crippen molar-refractivity contribution in [3.8, 4) is 0 Å². The van der Waals surface area contributed by atoms with Crippen LogP contribution >= 0.6 is 0 Å². The summed E-state index contributed by atoms with van der Waals surface area (Å²) >= 11 is 0. The van der Waals surface area contributed by atoms with E-state index in [0.717, 1.165) is 44.0 Å². The van der Waals surface area contributed by atoms with Gasteiger partial charge in [-0.1, -0.05) is 25.5 Å². The number of benzene rings is 1. The summed E-state index contributed by atoms with van der Waals surface area (Å²) in [5.41, 5.74) is 0.250. The van der Waals surface area contributed by atoms with Gasteiger partial charge >= 0.3 is 6.18 Å². The number of rotatable bonds is 3. The van der Waals surface area contributed by atoms with E-state index in [4.69, 9.17) is 0 Å². The molecule has 1 heterocycles. The average molecular weight is 271 g/mol. The van der Waals surface area contributed by atoms with Crippen molar-refractivity contribution in [2.45, 2.75) is 44.8 Å². The molecule has 0 aromatic heterocycles. The summed E-state index contributed by atoms with van der Waals surface area (Å²) in [7, 11) is 0. The Morgan fingerprint density at radius 2 is 1.84 bits per heavy atom. The average Bonchev–Trinajstić information content (AvgIpc) is 2.40. The Bertz CT molecular complexity index is 408. The van der Waals surface area contributed by atoms with E-state index >= 15 is 0 Å². The molecule has 0 N–H and O–H groups in total. The Balaban J connectivity index is 2.22. The second kappa shape index (κ2) is 5.95. The molecule has 1 saturated heterocycles. The Morgan fingerprint density at radius 1 is 1.16 bits per heavy atom. The van der Waals surface area contributed by atoms with Crippen molar-refractivity contribution in [2.24, 2.45) is 0 Å². The van der Waals surface area contributed by atoms with Gasteiger partial charge in [0.25, 0.3) is 0 Å². The minimum atomic E-state index is -4.25. The van der Waals surface area contributed by atoms with Crippen molar-refractivity contribution < 1.29 is 13.2 Å². The summed E-state index contributed by atoms with van der Waals surface area (Å²) in [4.78, 5) is 2.32. The van der Waals surface area contributed by atoms with Crippen molar-refractivity contribution in [2.75, 3.05) is 13.1 Å². The minimum absolute atomic E-state index is 0.114. The first-order valence-electron chi connectivity index (χ1n) is 6.93. The van der Waals surface area contributed by atoms with Gasteiger partial charge in [0.2, 0.25) is 0 Å². The molecule has 1 atom stereocenters. The lowest BCUT2D eigenvalue weighted by Gasteiger charge is -2.34. The first kappa shape index (κ1) is 14.4. The summed E-state index contributed by atoms with van der Waals surface area (Å²) in [6, 6.07) is 5.90. The van der Waals surface area contributed by atoms with Crippen molar-refractivity contribution in [3.63, 3.8) is 0 Å². The summed E-state index contributed by atoms with van der Waals surface area (Å²) < 4.78 is 38.3. The topological polar surface area (TPSA) is 3.24 Å². The maximum atomic E-state index is 12.8. The molecule has 1 aliphatic heterocycles. The molecule has 0 spiro atoms. The molecule has 1 unspecified atom stereocenters. The summed E-state index contributed by atoms with van der Waals surface area (Å²) in [6.45, 7) is 4.03. The third-order valence-electron chi connectivity index (χ3n) is 3.82. The molecule has 106 valence electrons. The van der Waals surface area contributed by atoms with Gasteiger partial charge in [-0.05, 0) is 50.0 Å². The molecule has 0 amide bonds. The van der Waals surface area contributed by atoms with Gasteiger partial charge in [0.15, 0.2) is 0 Å². The fourth-order valence-electron chi connectivity index (χ4n) is 2.86. The molecule has 19 heavy (non-hydrogen) atoms. The van der Waals surface area contributed by atoms with Crippen LogP contribution in [-0.2, 0) is 6.18 Å². The van der Waals surface area contributed by atoms with E-state index < -0.39 is 11.7 Å². The largest absolute Gasteiger partial charge is 0.416 e. The van der Waals surface area contributed by atoms with E-state index in [0.29, 0.717) is 0 Å². The Kier molecular flexibility index (Phi) is 4.50. The molecule has 1 aromatic rings. The van der Waals surface area contributed by atoms with Crippen LogP contribution in [0.2, 0.25) is 0 Å². The number of hydrogen-bond acceptors (Lipinski definition) is 1. The number of alkyl halides is 3. The summed E-state index contributed by atoms with van der Waals surface area (Å²) in [6.07, 6.45) is 0.123. The molecule has 1 nitrogen and oxygen atoms in total. The smallest absolute Gasteiger partial charge is 0.296 e. The van der Waals surface area contributed by atoms with Crippen molar-refractivity contribution in [3.05, 3.63) is 35.4 Å². The monoisotopic (exact) mass is 271 g/mol. The lowest BCUT2D eigenvalue weighted by Crippen LogP contribution is -2.33. The number of hydrogen-bond donors (Lipinski definition) is 0.